The molecule has 0 unspecified atom stereocenters. The zero-order chi connectivity index (χ0) is 17.1. The van der Waals surface area contributed by atoms with Gasteiger partial charge in [-0.1, -0.05) is 0 Å². The van der Waals surface area contributed by atoms with Crippen molar-refractivity contribution in [3.63, 3.8) is 0 Å². The van der Waals surface area contributed by atoms with E-state index in [1.807, 2.05) is 18.2 Å². The lowest BCUT2D eigenvalue weighted by atomic mass is 9.87. The van der Waals surface area contributed by atoms with Crippen molar-refractivity contribution < 1.29 is 9.59 Å². The molecule has 2 aromatic rings. The molecule has 0 fully saturated rings. The Morgan fingerprint density at radius 1 is 1.33 bits per heavy atom. The van der Waals surface area contributed by atoms with Gasteiger partial charge in [-0.15, -0.1) is 11.3 Å². The zero-order valence-corrected chi connectivity index (χ0v) is 14.7. The van der Waals surface area contributed by atoms with Crippen molar-refractivity contribution in [2.75, 3.05) is 14.1 Å². The van der Waals surface area contributed by atoms with Gasteiger partial charge in [0.25, 0.3) is 5.91 Å². The minimum absolute atomic E-state index is 0.0174. The van der Waals surface area contributed by atoms with Gasteiger partial charge in [0.15, 0.2) is 0 Å². The topological polar surface area (TPSA) is 62.3 Å². The Labute approximate surface area is 145 Å². The zero-order valence-electron chi connectivity index (χ0n) is 13.9. The molecule has 1 N–H and O–H groups in total. The predicted molar refractivity (Wildman–Crippen MR) is 93.9 cm³/mol. The average molecular weight is 343 g/mol. The summed E-state index contributed by atoms with van der Waals surface area (Å²) in [7, 11) is 3.52. The monoisotopic (exact) mass is 343 g/mol. The first-order valence-electron chi connectivity index (χ1n) is 8.04. The van der Waals surface area contributed by atoms with Gasteiger partial charge in [-0.3, -0.25) is 14.6 Å². The number of fused-ring (bicyclic) bond motifs is 1. The molecule has 126 valence electrons. The van der Waals surface area contributed by atoms with Crippen LogP contribution in [-0.2, 0) is 24.2 Å². The van der Waals surface area contributed by atoms with Gasteiger partial charge in [0.1, 0.15) is 0 Å². The highest BCUT2D eigenvalue weighted by Crippen LogP contribution is 2.33. The number of carbonyl (C=O) groups excluding carboxylic acids is 2. The molecule has 0 saturated heterocycles. The molecule has 2 aromatic heterocycles. The highest BCUT2D eigenvalue weighted by Gasteiger charge is 2.27. The number of pyridine rings is 1. The molecule has 1 aliphatic carbocycles. The fourth-order valence-electron chi connectivity index (χ4n) is 2.91. The number of nitrogens with one attached hydrogen (secondary N) is 1. The van der Waals surface area contributed by atoms with Crippen LogP contribution in [-0.4, -0.2) is 35.8 Å². The molecular weight excluding hydrogens is 322 g/mol. The Balaban J connectivity index is 1.62. The summed E-state index contributed by atoms with van der Waals surface area (Å²) in [6.45, 7) is 0.527. The van der Waals surface area contributed by atoms with Crippen LogP contribution in [0.3, 0.4) is 0 Å². The Hall–Kier alpha value is -2.21. The number of nitrogens with zero attached hydrogens (tertiary/aromatic N) is 2. The largest absolute Gasteiger partial charge is 0.352 e. The molecule has 0 bridgehead atoms. The Bertz CT molecular complexity index is 740. The SMILES string of the molecule is CN(C)C(=O)c1cc2c(s1)CC[C@H](C(=O)NCc1ccncc1)C2. The molecule has 24 heavy (non-hydrogen) atoms. The summed E-state index contributed by atoms with van der Waals surface area (Å²) < 4.78 is 0. The van der Waals surface area contributed by atoms with E-state index in [1.165, 1.54) is 4.88 Å². The number of aromatic nitrogens is 1. The van der Waals surface area contributed by atoms with Gasteiger partial charge in [-0.25, -0.2) is 0 Å². The average Bonchev–Trinajstić information content (AvgIpc) is 3.02. The highest BCUT2D eigenvalue weighted by atomic mass is 32.1. The summed E-state index contributed by atoms with van der Waals surface area (Å²) in [5.74, 6) is 0.105. The summed E-state index contributed by atoms with van der Waals surface area (Å²) in [4.78, 5) is 32.1. The first-order valence-corrected chi connectivity index (χ1v) is 8.86. The van der Waals surface area contributed by atoms with Crippen LogP contribution in [0.4, 0.5) is 0 Å². The van der Waals surface area contributed by atoms with E-state index < -0.39 is 0 Å². The van der Waals surface area contributed by atoms with Crippen LogP contribution in [0.15, 0.2) is 30.6 Å². The molecular formula is C18H21N3O2S. The molecule has 2 heterocycles. The van der Waals surface area contributed by atoms with Crippen LogP contribution in [0.2, 0.25) is 0 Å². The van der Waals surface area contributed by atoms with Crippen molar-refractivity contribution in [2.24, 2.45) is 5.92 Å². The molecule has 6 heteroatoms. The van der Waals surface area contributed by atoms with E-state index in [2.05, 4.69) is 10.3 Å². The fourth-order valence-corrected chi connectivity index (χ4v) is 4.14. The van der Waals surface area contributed by atoms with Gasteiger partial charge >= 0.3 is 0 Å². The summed E-state index contributed by atoms with van der Waals surface area (Å²) >= 11 is 1.57. The number of thiophene rings is 1. The lowest BCUT2D eigenvalue weighted by molar-refractivity contribution is -0.125. The molecule has 0 spiro atoms. The molecule has 0 aliphatic heterocycles. The molecule has 0 aromatic carbocycles. The second-order valence-corrected chi connectivity index (χ2v) is 7.41. The van der Waals surface area contributed by atoms with Gasteiger partial charge in [-0.2, -0.15) is 0 Å². The summed E-state index contributed by atoms with van der Waals surface area (Å²) in [5, 5.41) is 3.01. The van der Waals surface area contributed by atoms with E-state index in [1.54, 1.807) is 42.7 Å². The van der Waals surface area contributed by atoms with E-state index in [9.17, 15) is 9.59 Å². The third-order valence-electron chi connectivity index (χ3n) is 4.29. The van der Waals surface area contributed by atoms with Crippen LogP contribution in [0, 0.1) is 5.92 Å². The normalized spacial score (nSPS) is 16.3. The van der Waals surface area contributed by atoms with Gasteiger partial charge in [0.05, 0.1) is 4.88 Å². The van der Waals surface area contributed by atoms with Crippen LogP contribution in [0.25, 0.3) is 0 Å². The predicted octanol–water partition coefficient (Wildman–Crippen LogP) is 2.27. The molecule has 0 saturated carbocycles. The smallest absolute Gasteiger partial charge is 0.263 e. The van der Waals surface area contributed by atoms with E-state index in [0.717, 1.165) is 28.8 Å². The lowest BCUT2D eigenvalue weighted by Gasteiger charge is -2.21. The summed E-state index contributed by atoms with van der Waals surface area (Å²) in [6.07, 6.45) is 5.88. The van der Waals surface area contributed by atoms with Gasteiger partial charge in [0.2, 0.25) is 5.91 Å². The van der Waals surface area contributed by atoms with Crippen molar-refractivity contribution in [3.8, 4) is 0 Å². The molecule has 5 nitrogen and oxygen atoms in total. The number of aryl methyl sites for hydroxylation is 1. The minimum atomic E-state index is -0.0174. The first-order chi connectivity index (χ1) is 11.5. The second-order valence-electron chi connectivity index (χ2n) is 6.27. The minimum Gasteiger partial charge on any atom is -0.352 e. The van der Waals surface area contributed by atoms with Crippen molar-refractivity contribution >= 4 is 23.2 Å². The maximum absolute atomic E-state index is 12.4. The van der Waals surface area contributed by atoms with Crippen LogP contribution in [0.1, 0.15) is 32.1 Å². The van der Waals surface area contributed by atoms with E-state index in [4.69, 9.17) is 0 Å². The second kappa shape index (κ2) is 7.13. The molecule has 1 atom stereocenters. The number of hydrogen-bond donors (Lipinski definition) is 1. The molecule has 1 aliphatic rings. The Kier molecular flexibility index (Phi) is 4.94. The van der Waals surface area contributed by atoms with E-state index in [-0.39, 0.29) is 17.7 Å². The Morgan fingerprint density at radius 2 is 2.08 bits per heavy atom. The van der Waals surface area contributed by atoms with E-state index >= 15 is 0 Å². The van der Waals surface area contributed by atoms with Crippen LogP contribution in [0.5, 0.6) is 0 Å². The number of rotatable bonds is 4. The van der Waals surface area contributed by atoms with E-state index in [0.29, 0.717) is 13.0 Å². The quantitative estimate of drug-likeness (QED) is 0.926. The third-order valence-corrected chi connectivity index (χ3v) is 5.51. The van der Waals surface area contributed by atoms with Crippen molar-refractivity contribution in [1.82, 2.24) is 15.2 Å². The maximum atomic E-state index is 12.4. The van der Waals surface area contributed by atoms with Gasteiger partial charge in [-0.05, 0) is 48.6 Å². The lowest BCUT2D eigenvalue weighted by Crippen LogP contribution is -2.33. The Morgan fingerprint density at radius 3 is 2.79 bits per heavy atom. The molecule has 0 radical (unpaired) electrons. The number of carbonyl (C=O) groups is 2. The molecule has 2 amide bonds. The standard InChI is InChI=1S/C18H21N3O2S/c1-21(2)18(23)16-10-14-9-13(3-4-15(14)24-16)17(22)20-11-12-5-7-19-8-6-12/h5-8,10,13H,3-4,9,11H2,1-2H3,(H,20,22)/t13-/m0/s1. The first kappa shape index (κ1) is 16.6. The van der Waals surface area contributed by atoms with Crippen molar-refractivity contribution in [1.29, 1.82) is 0 Å². The summed E-state index contributed by atoms with van der Waals surface area (Å²) in [6, 6.07) is 5.76. The highest BCUT2D eigenvalue weighted by molar-refractivity contribution is 7.14. The maximum Gasteiger partial charge on any atom is 0.263 e. The van der Waals surface area contributed by atoms with Gasteiger partial charge < -0.3 is 10.2 Å². The van der Waals surface area contributed by atoms with Crippen LogP contribution < -0.4 is 5.32 Å². The third kappa shape index (κ3) is 3.64. The number of amides is 2. The van der Waals surface area contributed by atoms with Gasteiger partial charge in [0, 0.05) is 43.8 Å². The number of hydrogen-bond acceptors (Lipinski definition) is 4. The van der Waals surface area contributed by atoms with Crippen molar-refractivity contribution in [2.45, 2.75) is 25.8 Å². The fraction of sp³-hybridized carbons (Fsp3) is 0.389. The van der Waals surface area contributed by atoms with Crippen molar-refractivity contribution in [3.05, 3.63) is 51.5 Å². The molecule has 3 rings (SSSR count). The van der Waals surface area contributed by atoms with Crippen LogP contribution >= 0.6 is 11.3 Å². The summed E-state index contributed by atoms with van der Waals surface area (Å²) in [5.41, 5.74) is 2.20.